The molecule has 0 saturated heterocycles. The van der Waals surface area contributed by atoms with Crippen LogP contribution in [0.1, 0.15) is 36.0 Å². The minimum Gasteiger partial charge on any atom is -0.508 e. The Balaban J connectivity index is 1.56. The predicted octanol–water partition coefficient (Wildman–Crippen LogP) is 4.63. The van der Waals surface area contributed by atoms with Crippen LogP contribution in [0.2, 0.25) is 0 Å². The molecule has 4 aliphatic rings. The molecule has 4 atom stereocenters. The van der Waals surface area contributed by atoms with Crippen molar-refractivity contribution in [3.8, 4) is 16.9 Å². The van der Waals surface area contributed by atoms with Gasteiger partial charge in [-0.05, 0) is 82.9 Å². The molecule has 0 aliphatic heterocycles. The molecular formula is C24H22O2. The fourth-order valence-corrected chi connectivity index (χ4v) is 6.71. The Hall–Kier alpha value is -2.35. The van der Waals surface area contributed by atoms with Crippen LogP contribution in [-0.2, 0) is 16.6 Å². The highest BCUT2D eigenvalue weighted by Gasteiger charge is 2.58. The van der Waals surface area contributed by atoms with Crippen LogP contribution in [0.4, 0.5) is 0 Å². The van der Waals surface area contributed by atoms with Gasteiger partial charge in [0.15, 0.2) is 0 Å². The van der Waals surface area contributed by atoms with Crippen molar-refractivity contribution in [3.63, 3.8) is 0 Å². The second kappa shape index (κ2) is 4.88. The van der Waals surface area contributed by atoms with Crippen molar-refractivity contribution in [2.24, 2.45) is 23.7 Å². The number of hydrogen-bond donors (Lipinski definition) is 1. The van der Waals surface area contributed by atoms with Crippen LogP contribution >= 0.6 is 0 Å². The molecule has 2 aromatic carbocycles. The summed E-state index contributed by atoms with van der Waals surface area (Å²) >= 11 is 0. The van der Waals surface area contributed by atoms with Crippen LogP contribution in [0.5, 0.6) is 5.75 Å². The monoisotopic (exact) mass is 342 g/mol. The van der Waals surface area contributed by atoms with Crippen molar-refractivity contribution in [1.82, 2.24) is 0 Å². The first-order chi connectivity index (χ1) is 12.7. The molecule has 2 aromatic rings. The fraction of sp³-hybridized carbons (Fsp3) is 0.375. The number of phenolic OH excluding ortho intramolecular Hbond substituents is 1. The number of fused-ring (bicyclic) bond motifs is 10. The van der Waals surface area contributed by atoms with Gasteiger partial charge in [-0.2, -0.15) is 0 Å². The maximum atomic E-state index is 11.1. The van der Waals surface area contributed by atoms with Gasteiger partial charge in [0.05, 0.1) is 0 Å². The number of phenols is 1. The van der Waals surface area contributed by atoms with E-state index in [1.165, 1.54) is 41.5 Å². The molecule has 0 radical (unpaired) electrons. The third kappa shape index (κ3) is 1.70. The van der Waals surface area contributed by atoms with Gasteiger partial charge in [-0.15, -0.1) is 0 Å². The number of carbonyl (C=O) groups excluding carboxylic acids is 1. The van der Waals surface area contributed by atoms with Crippen LogP contribution in [0.15, 0.2) is 48.6 Å². The highest BCUT2D eigenvalue weighted by atomic mass is 16.3. The van der Waals surface area contributed by atoms with E-state index >= 15 is 0 Å². The summed E-state index contributed by atoms with van der Waals surface area (Å²) in [5.41, 5.74) is 6.40. The lowest BCUT2D eigenvalue weighted by molar-refractivity contribution is -0.107. The lowest BCUT2D eigenvalue weighted by Crippen LogP contribution is -2.23. The molecule has 1 spiro atoms. The highest BCUT2D eigenvalue weighted by molar-refractivity contribution is 5.82. The topological polar surface area (TPSA) is 37.3 Å². The van der Waals surface area contributed by atoms with Crippen molar-refractivity contribution in [2.45, 2.75) is 31.1 Å². The molecule has 0 amide bonds. The van der Waals surface area contributed by atoms with E-state index in [9.17, 15) is 9.90 Å². The van der Waals surface area contributed by atoms with Gasteiger partial charge in [-0.3, -0.25) is 0 Å². The molecule has 2 bridgehead atoms. The molecule has 0 heterocycles. The average molecular weight is 342 g/mol. The summed E-state index contributed by atoms with van der Waals surface area (Å²) in [5, 5.41) is 10.2. The first-order valence-corrected chi connectivity index (χ1v) is 9.79. The number of hydrogen-bond acceptors (Lipinski definition) is 2. The Morgan fingerprint density at radius 1 is 0.962 bits per heavy atom. The molecule has 1 N–H and O–H groups in total. The minimum absolute atomic E-state index is 0.0145. The Bertz CT molecular complexity index is 950. The molecule has 2 heteroatoms. The van der Waals surface area contributed by atoms with Gasteiger partial charge in [0, 0.05) is 11.8 Å². The number of benzene rings is 2. The molecule has 2 nitrogen and oxygen atoms in total. The summed E-state index contributed by atoms with van der Waals surface area (Å²) < 4.78 is 0. The third-order valence-electron chi connectivity index (χ3n) is 7.70. The zero-order valence-electron chi connectivity index (χ0n) is 14.7. The Kier molecular flexibility index (Phi) is 2.77. The Morgan fingerprint density at radius 3 is 2.31 bits per heavy atom. The van der Waals surface area contributed by atoms with Gasteiger partial charge in [0.2, 0.25) is 0 Å². The van der Waals surface area contributed by atoms with Crippen molar-refractivity contribution in [1.29, 1.82) is 0 Å². The van der Waals surface area contributed by atoms with Crippen LogP contribution < -0.4 is 0 Å². The molecule has 0 aromatic heterocycles. The first kappa shape index (κ1) is 14.8. The fourth-order valence-electron chi connectivity index (χ4n) is 6.71. The van der Waals surface area contributed by atoms with Crippen molar-refractivity contribution in [3.05, 3.63) is 65.2 Å². The summed E-state index contributed by atoms with van der Waals surface area (Å²) in [6, 6.07) is 12.5. The molecule has 2 fully saturated rings. The smallest absolute Gasteiger partial charge is 0.124 e. The van der Waals surface area contributed by atoms with Gasteiger partial charge in [0.1, 0.15) is 12.0 Å². The van der Waals surface area contributed by atoms with Crippen molar-refractivity contribution >= 4 is 6.29 Å². The van der Waals surface area contributed by atoms with Gasteiger partial charge < -0.3 is 9.90 Å². The van der Waals surface area contributed by atoms with Crippen LogP contribution in [0.3, 0.4) is 0 Å². The van der Waals surface area contributed by atoms with E-state index in [0.29, 0.717) is 12.2 Å². The summed E-state index contributed by atoms with van der Waals surface area (Å²) in [7, 11) is 0. The zero-order valence-corrected chi connectivity index (χ0v) is 14.7. The molecule has 130 valence electrons. The van der Waals surface area contributed by atoms with E-state index < -0.39 is 0 Å². The van der Waals surface area contributed by atoms with E-state index in [-0.39, 0.29) is 5.41 Å². The molecule has 6 rings (SSSR count). The molecule has 2 saturated carbocycles. The summed E-state index contributed by atoms with van der Waals surface area (Å²) in [4.78, 5) is 11.1. The lowest BCUT2D eigenvalue weighted by atomic mass is 9.74. The Labute approximate surface area is 153 Å². The number of carbonyl (C=O) groups is 1. The number of allylic oxidation sites excluding steroid dienone is 2. The average Bonchev–Trinajstić information content (AvgIpc) is 3.38. The van der Waals surface area contributed by atoms with Gasteiger partial charge in [-0.25, -0.2) is 0 Å². The second-order valence-electron chi connectivity index (χ2n) is 8.75. The lowest BCUT2D eigenvalue weighted by Gasteiger charge is -2.29. The van der Waals surface area contributed by atoms with Crippen LogP contribution in [0.25, 0.3) is 11.1 Å². The third-order valence-corrected chi connectivity index (χ3v) is 7.70. The van der Waals surface area contributed by atoms with Crippen LogP contribution in [-0.4, -0.2) is 11.4 Å². The van der Waals surface area contributed by atoms with Crippen molar-refractivity contribution in [2.75, 3.05) is 0 Å². The van der Waals surface area contributed by atoms with E-state index in [2.05, 4.69) is 36.4 Å². The normalized spacial score (nSPS) is 34.9. The molecular weight excluding hydrogens is 320 g/mol. The predicted molar refractivity (Wildman–Crippen MR) is 101 cm³/mol. The molecule has 4 aliphatic carbocycles. The largest absolute Gasteiger partial charge is 0.508 e. The van der Waals surface area contributed by atoms with Crippen LogP contribution in [0, 0.1) is 23.7 Å². The number of aldehydes is 1. The van der Waals surface area contributed by atoms with E-state index in [1.54, 1.807) is 0 Å². The minimum atomic E-state index is 0.0145. The Morgan fingerprint density at radius 2 is 1.62 bits per heavy atom. The van der Waals surface area contributed by atoms with E-state index in [0.717, 1.165) is 35.5 Å². The maximum absolute atomic E-state index is 11.1. The highest BCUT2D eigenvalue weighted by Crippen LogP contribution is 2.67. The summed E-state index contributed by atoms with van der Waals surface area (Å²) in [5.74, 6) is 3.38. The SMILES string of the molecule is O=CCc1ccc2c(c1)C1(CC3C4C=CC(C4)C3C1)c1cc(O)ccc1-2. The molecule has 26 heavy (non-hydrogen) atoms. The number of rotatable bonds is 2. The summed E-state index contributed by atoms with van der Waals surface area (Å²) in [6.45, 7) is 0. The van der Waals surface area contributed by atoms with E-state index in [1.807, 2.05) is 12.1 Å². The van der Waals surface area contributed by atoms with Crippen molar-refractivity contribution < 1.29 is 9.90 Å². The summed E-state index contributed by atoms with van der Waals surface area (Å²) in [6.07, 6.45) is 10.1. The standard InChI is InChI=1S/C24H22O2/c25-8-7-14-1-5-18-19-6-4-17(26)11-23(19)24(22(18)9-14)12-20-15-2-3-16(10-15)21(20)13-24/h1-6,8-9,11,15-16,20-21,26H,7,10,12-13H2. The van der Waals surface area contributed by atoms with Gasteiger partial charge >= 0.3 is 0 Å². The molecule has 4 unspecified atom stereocenters. The van der Waals surface area contributed by atoms with E-state index in [4.69, 9.17) is 0 Å². The maximum Gasteiger partial charge on any atom is 0.124 e. The van der Waals surface area contributed by atoms with Gasteiger partial charge in [0.25, 0.3) is 0 Å². The zero-order chi connectivity index (χ0) is 17.5. The van der Waals surface area contributed by atoms with Gasteiger partial charge in [-0.1, -0.05) is 36.4 Å². The number of aromatic hydroxyl groups is 1. The quantitative estimate of drug-likeness (QED) is 0.638. The first-order valence-electron chi connectivity index (χ1n) is 9.79. The second-order valence-corrected chi connectivity index (χ2v) is 8.75.